The molecular weight excluding hydrogens is 1460 g/mol. The molecule has 0 saturated carbocycles. The van der Waals surface area contributed by atoms with Gasteiger partial charge in [-0.2, -0.15) is 0 Å². The van der Waals surface area contributed by atoms with E-state index in [0.29, 0.717) is 0 Å². The first-order chi connectivity index (χ1) is 58.5. The van der Waals surface area contributed by atoms with Gasteiger partial charge in [0.2, 0.25) is 0 Å². The molecular formula is C108H74N6O3S. The number of furan rings is 3. The highest BCUT2D eigenvalue weighted by Crippen LogP contribution is 2.49. The molecule has 9 nitrogen and oxygen atoms in total. The van der Waals surface area contributed by atoms with Crippen LogP contribution in [-0.4, -0.2) is 0 Å². The molecule has 10 heteroatoms. The first kappa shape index (κ1) is 70.3. The second kappa shape index (κ2) is 30.7. The number of rotatable bonds is 18. The second-order valence-electron chi connectivity index (χ2n) is 29.2. The Morgan fingerprint density at radius 3 is 0.712 bits per heavy atom. The van der Waals surface area contributed by atoms with Crippen molar-refractivity contribution in [2.45, 2.75) is 0 Å². The molecule has 0 amide bonds. The smallest absolute Gasteiger partial charge is 0.137 e. The lowest BCUT2D eigenvalue weighted by molar-refractivity contribution is 0.668. The zero-order valence-electron chi connectivity index (χ0n) is 64.0. The molecule has 0 unspecified atom stereocenters. The van der Waals surface area contributed by atoms with E-state index < -0.39 is 0 Å². The molecule has 22 aromatic rings. The lowest BCUT2D eigenvalue weighted by Crippen LogP contribution is -2.13. The van der Waals surface area contributed by atoms with Crippen LogP contribution in [0.3, 0.4) is 0 Å². The van der Waals surface area contributed by atoms with Crippen molar-refractivity contribution in [3.63, 3.8) is 0 Å². The molecule has 0 radical (unpaired) electrons. The van der Waals surface area contributed by atoms with Crippen molar-refractivity contribution in [2.75, 3.05) is 29.4 Å². The summed E-state index contributed by atoms with van der Waals surface area (Å²) in [5.74, 6) is 0. The first-order valence-corrected chi connectivity index (χ1v) is 40.5. The number of fused-ring (bicyclic) bond motifs is 12. The standard InChI is InChI=1S/C54H37N3O2.C54H37N3OS/c1-5-16-38(17-6-1)55(39-18-7-2-8-19-39)42-24-15-25-43(34-42)56(40-20-9-3-10-21-40)44-29-32-52-49(35-44)50-36-45(30-33-53(50)58-52)57(41-22-11-4-12-23-41)46-28-31-48-47-26-13-14-27-51(47)59-54(48)37-46;1-5-16-38(17-6-1)55(39-18-7-2-8-19-39)42-24-15-25-43(34-42)56(40-20-9-3-10-21-40)44-29-32-51-49(35-44)47-31-28-46(37-52(47)58-51)57(41-22-11-4-12-23-41)45-30-33-54-50(36-45)48-26-13-14-27-53(48)59-54/h2*1-37H. The summed E-state index contributed by atoms with van der Waals surface area (Å²) in [4.78, 5) is 13.8. The van der Waals surface area contributed by atoms with Crippen molar-refractivity contribution in [1.29, 1.82) is 0 Å². The van der Waals surface area contributed by atoms with Crippen LogP contribution in [-0.2, 0) is 0 Å². The van der Waals surface area contributed by atoms with Gasteiger partial charge in [0.05, 0.1) is 0 Å². The van der Waals surface area contributed by atoms with Crippen LogP contribution in [0.2, 0.25) is 0 Å². The number of hydrogen-bond acceptors (Lipinski definition) is 10. The summed E-state index contributed by atoms with van der Waals surface area (Å²) in [5, 5.41) is 8.96. The minimum atomic E-state index is 0.830. The summed E-state index contributed by atoms with van der Waals surface area (Å²) >= 11 is 1.84. The zero-order chi connectivity index (χ0) is 78.2. The highest BCUT2D eigenvalue weighted by atomic mass is 32.1. The molecule has 0 spiro atoms. The number of para-hydroxylation sites is 9. The molecule has 0 fully saturated rings. The molecule has 22 rings (SSSR count). The van der Waals surface area contributed by atoms with Gasteiger partial charge in [-0.15, -0.1) is 11.3 Å². The molecule has 18 aromatic carbocycles. The summed E-state index contributed by atoms with van der Waals surface area (Å²) in [6, 6.07) is 158. The van der Waals surface area contributed by atoms with Crippen LogP contribution in [0.5, 0.6) is 0 Å². The van der Waals surface area contributed by atoms with Gasteiger partial charge in [0.15, 0.2) is 0 Å². The number of thiophene rings is 1. The van der Waals surface area contributed by atoms with E-state index in [1.54, 1.807) is 0 Å². The van der Waals surface area contributed by atoms with E-state index in [4.69, 9.17) is 13.3 Å². The van der Waals surface area contributed by atoms with Gasteiger partial charge in [-0.05, 0) is 243 Å². The van der Waals surface area contributed by atoms with E-state index in [1.165, 1.54) is 20.2 Å². The van der Waals surface area contributed by atoms with Gasteiger partial charge in [-0.3, -0.25) is 0 Å². The van der Waals surface area contributed by atoms with E-state index in [2.05, 4.69) is 460 Å². The molecule has 118 heavy (non-hydrogen) atoms. The largest absolute Gasteiger partial charge is 0.456 e. The number of anilines is 18. The van der Waals surface area contributed by atoms with Gasteiger partial charge in [-0.1, -0.05) is 194 Å². The summed E-state index contributed by atoms with van der Waals surface area (Å²) in [7, 11) is 0. The van der Waals surface area contributed by atoms with Crippen LogP contribution < -0.4 is 29.4 Å². The molecule has 0 bridgehead atoms. The lowest BCUT2D eigenvalue weighted by Gasteiger charge is -2.29. The lowest BCUT2D eigenvalue weighted by atomic mass is 10.1. The van der Waals surface area contributed by atoms with Crippen LogP contribution in [0.4, 0.5) is 102 Å². The van der Waals surface area contributed by atoms with Gasteiger partial charge < -0.3 is 42.7 Å². The minimum Gasteiger partial charge on any atom is -0.456 e. The fourth-order valence-electron chi connectivity index (χ4n) is 16.6. The maximum Gasteiger partial charge on any atom is 0.137 e. The Morgan fingerprint density at radius 1 is 0.127 bits per heavy atom. The Hall–Kier alpha value is -15.6. The molecule has 0 atom stereocenters. The van der Waals surface area contributed by atoms with Gasteiger partial charge in [0.25, 0.3) is 0 Å². The Morgan fingerprint density at radius 2 is 0.347 bits per heavy atom. The van der Waals surface area contributed by atoms with Crippen LogP contribution in [0, 0.1) is 0 Å². The third-order valence-corrected chi connectivity index (χ3v) is 23.1. The summed E-state index contributed by atoms with van der Waals surface area (Å²) in [6.07, 6.45) is 0. The summed E-state index contributed by atoms with van der Waals surface area (Å²) in [6.45, 7) is 0. The van der Waals surface area contributed by atoms with Crippen LogP contribution in [0.25, 0.3) is 86.0 Å². The average Bonchev–Trinajstić information content (AvgIpc) is 1.57. The Kier molecular flexibility index (Phi) is 18.3. The third-order valence-electron chi connectivity index (χ3n) is 22.0. The van der Waals surface area contributed by atoms with Gasteiger partial charge >= 0.3 is 0 Å². The number of benzene rings is 18. The van der Waals surface area contributed by atoms with Crippen LogP contribution >= 0.6 is 11.3 Å². The molecule has 0 saturated heterocycles. The van der Waals surface area contributed by atoms with Crippen molar-refractivity contribution in [3.05, 3.63) is 449 Å². The highest BCUT2D eigenvalue weighted by Gasteiger charge is 2.25. The molecule has 560 valence electrons. The fraction of sp³-hybridized carbons (Fsp3) is 0. The van der Waals surface area contributed by atoms with E-state index in [9.17, 15) is 0 Å². The normalized spacial score (nSPS) is 11.4. The predicted octanol–water partition coefficient (Wildman–Crippen LogP) is 32.3. The predicted molar refractivity (Wildman–Crippen MR) is 496 cm³/mol. The Bertz CT molecular complexity index is 7270. The van der Waals surface area contributed by atoms with Crippen LogP contribution in [0.1, 0.15) is 0 Å². The zero-order valence-corrected chi connectivity index (χ0v) is 64.9. The first-order valence-electron chi connectivity index (χ1n) is 39.7. The quantitative estimate of drug-likeness (QED) is 0.0836. The molecule has 0 aliphatic carbocycles. The van der Waals surface area contributed by atoms with Crippen molar-refractivity contribution < 1.29 is 13.3 Å². The van der Waals surface area contributed by atoms with E-state index in [-0.39, 0.29) is 0 Å². The SMILES string of the molecule is c1ccc(N(c2ccccc2)c2cccc(N(c3ccccc3)c3ccc4oc5cc(N(c6ccccc6)c6ccc7sc8ccccc8c7c6)ccc5c4c3)c2)cc1.c1ccc(N(c2ccccc2)c2cccc(N(c3ccccc3)c3ccc4oc5ccc(N(c6ccccc6)c6ccc7c(c6)oc6ccccc67)cc5c4c3)c2)cc1. The fourth-order valence-corrected chi connectivity index (χ4v) is 17.7. The Labute approximate surface area is 686 Å². The van der Waals surface area contributed by atoms with Gasteiger partial charge in [0.1, 0.15) is 33.5 Å². The maximum atomic E-state index is 6.68. The second-order valence-corrected chi connectivity index (χ2v) is 30.3. The third kappa shape index (κ3) is 13.4. The van der Waals surface area contributed by atoms with Crippen molar-refractivity contribution in [1.82, 2.24) is 0 Å². The summed E-state index contributed by atoms with van der Waals surface area (Å²) in [5.41, 5.74) is 24.1. The van der Waals surface area contributed by atoms with E-state index in [1.807, 2.05) is 29.5 Å². The highest BCUT2D eigenvalue weighted by molar-refractivity contribution is 7.25. The number of nitrogens with zero attached hydrogens (tertiary/aromatic N) is 6. The molecule has 4 heterocycles. The summed E-state index contributed by atoms with van der Waals surface area (Å²) < 4.78 is 22.1. The minimum absolute atomic E-state index is 0.830. The monoisotopic (exact) mass is 1530 g/mol. The van der Waals surface area contributed by atoms with Gasteiger partial charge in [0, 0.05) is 167 Å². The average molecular weight is 1540 g/mol. The number of hydrogen-bond donors (Lipinski definition) is 0. The van der Waals surface area contributed by atoms with Crippen molar-refractivity contribution in [2.24, 2.45) is 0 Å². The maximum absolute atomic E-state index is 6.68. The molecule has 0 N–H and O–H groups in total. The molecule has 0 aliphatic rings. The Balaban J connectivity index is 0.000000147. The van der Waals surface area contributed by atoms with E-state index >= 15 is 0 Å². The van der Waals surface area contributed by atoms with Crippen molar-refractivity contribution in [3.8, 4) is 0 Å². The topological polar surface area (TPSA) is 58.9 Å². The van der Waals surface area contributed by atoms with Crippen molar-refractivity contribution >= 4 is 200 Å². The van der Waals surface area contributed by atoms with Crippen LogP contribution in [0.15, 0.2) is 462 Å². The van der Waals surface area contributed by atoms with E-state index in [0.717, 1.165) is 168 Å². The molecule has 4 aromatic heterocycles. The molecule has 0 aliphatic heterocycles. The van der Waals surface area contributed by atoms with Gasteiger partial charge in [-0.25, -0.2) is 0 Å².